The zero-order chi connectivity index (χ0) is 15.1. The quantitative estimate of drug-likeness (QED) is 0.871. The highest BCUT2D eigenvalue weighted by Gasteiger charge is 2.42. The normalized spacial score (nSPS) is 18.0. The molecule has 0 bridgehead atoms. The van der Waals surface area contributed by atoms with E-state index in [0.717, 1.165) is 0 Å². The van der Waals surface area contributed by atoms with Crippen LogP contribution in [0.4, 0.5) is 0 Å². The van der Waals surface area contributed by atoms with Gasteiger partial charge in [-0.25, -0.2) is 9.48 Å². The summed E-state index contributed by atoms with van der Waals surface area (Å²) in [6, 6.07) is 5.79. The Balaban J connectivity index is 1.39. The number of pyridine rings is 1. The van der Waals surface area contributed by atoms with Crippen molar-refractivity contribution in [3.8, 4) is 0 Å². The van der Waals surface area contributed by atoms with Crippen molar-refractivity contribution in [2.45, 2.75) is 44.7 Å². The Morgan fingerprint density at radius 1 is 1.27 bits per heavy atom. The third-order valence-corrected chi connectivity index (χ3v) is 4.63. The summed E-state index contributed by atoms with van der Waals surface area (Å²) in [6.07, 6.45) is 6.97. The van der Waals surface area contributed by atoms with E-state index in [1.165, 1.54) is 34.8 Å². The fraction of sp³-hybridized carbons (Fsp3) is 0.562. The number of rotatable bonds is 6. The van der Waals surface area contributed by atoms with Crippen LogP contribution in [0.1, 0.15) is 32.1 Å². The standard InChI is InChI=1S/C16H20N4O2/c21-14(17-15(11-4-5-11)12-6-7-12)8-10-20-16(22)19-9-2-1-3-13(19)18-20/h1-3,9,11-12,15H,4-8,10H2,(H,17,21). The highest BCUT2D eigenvalue weighted by molar-refractivity contribution is 5.76. The van der Waals surface area contributed by atoms with Crippen molar-refractivity contribution in [2.75, 3.05) is 0 Å². The summed E-state index contributed by atoms with van der Waals surface area (Å²) in [5, 5.41) is 7.42. The molecule has 22 heavy (non-hydrogen) atoms. The largest absolute Gasteiger partial charge is 0.353 e. The molecule has 2 aliphatic rings. The number of carbonyl (C=O) groups excluding carboxylic acids is 1. The fourth-order valence-electron chi connectivity index (χ4n) is 3.11. The van der Waals surface area contributed by atoms with Crippen LogP contribution < -0.4 is 11.0 Å². The van der Waals surface area contributed by atoms with Crippen molar-refractivity contribution in [2.24, 2.45) is 11.8 Å². The van der Waals surface area contributed by atoms with Crippen molar-refractivity contribution in [1.82, 2.24) is 19.5 Å². The van der Waals surface area contributed by atoms with Crippen LogP contribution in [-0.4, -0.2) is 26.1 Å². The average molecular weight is 300 g/mol. The first kappa shape index (κ1) is 13.5. The summed E-state index contributed by atoms with van der Waals surface area (Å²) < 4.78 is 2.87. The van der Waals surface area contributed by atoms with Crippen LogP contribution in [0.2, 0.25) is 0 Å². The number of aryl methyl sites for hydroxylation is 1. The molecule has 2 fully saturated rings. The molecule has 1 N–H and O–H groups in total. The van der Waals surface area contributed by atoms with Crippen LogP contribution in [0.3, 0.4) is 0 Å². The molecule has 2 aromatic heterocycles. The molecule has 2 saturated carbocycles. The molecular formula is C16H20N4O2. The summed E-state index contributed by atoms with van der Waals surface area (Å²) in [5.41, 5.74) is 0.422. The lowest BCUT2D eigenvalue weighted by Crippen LogP contribution is -2.38. The maximum absolute atomic E-state index is 12.2. The van der Waals surface area contributed by atoms with Gasteiger partial charge in [0.15, 0.2) is 5.65 Å². The maximum Gasteiger partial charge on any atom is 0.350 e. The van der Waals surface area contributed by atoms with Gasteiger partial charge in [-0.2, -0.15) is 0 Å². The van der Waals surface area contributed by atoms with Crippen molar-refractivity contribution in [3.63, 3.8) is 0 Å². The van der Waals surface area contributed by atoms with Gasteiger partial charge in [-0.05, 0) is 49.7 Å². The van der Waals surface area contributed by atoms with Gasteiger partial charge in [0.1, 0.15) is 0 Å². The molecule has 0 radical (unpaired) electrons. The van der Waals surface area contributed by atoms with Gasteiger partial charge in [0, 0.05) is 18.7 Å². The van der Waals surface area contributed by atoms with Gasteiger partial charge >= 0.3 is 5.69 Å². The number of hydrogen-bond acceptors (Lipinski definition) is 3. The Morgan fingerprint density at radius 2 is 2.00 bits per heavy atom. The van der Waals surface area contributed by atoms with Crippen LogP contribution in [0.5, 0.6) is 0 Å². The lowest BCUT2D eigenvalue weighted by Gasteiger charge is -2.17. The highest BCUT2D eigenvalue weighted by atomic mass is 16.2. The van der Waals surface area contributed by atoms with Gasteiger partial charge in [0.05, 0.1) is 6.54 Å². The molecular weight excluding hydrogens is 280 g/mol. The number of amides is 1. The van der Waals surface area contributed by atoms with E-state index in [-0.39, 0.29) is 11.6 Å². The smallest absolute Gasteiger partial charge is 0.350 e. The third kappa shape index (κ3) is 2.65. The number of hydrogen-bond donors (Lipinski definition) is 1. The van der Waals surface area contributed by atoms with E-state index >= 15 is 0 Å². The zero-order valence-electron chi connectivity index (χ0n) is 12.4. The van der Waals surface area contributed by atoms with Crippen molar-refractivity contribution < 1.29 is 4.79 Å². The molecule has 0 unspecified atom stereocenters. The SMILES string of the molecule is O=C(CCn1nc2ccccn2c1=O)NC(C1CC1)C1CC1. The highest BCUT2D eigenvalue weighted by Crippen LogP contribution is 2.44. The second kappa shape index (κ2) is 5.26. The van der Waals surface area contributed by atoms with Crippen LogP contribution in [0, 0.1) is 11.8 Å². The third-order valence-electron chi connectivity index (χ3n) is 4.63. The predicted octanol–water partition coefficient (Wildman–Crippen LogP) is 1.19. The fourth-order valence-corrected chi connectivity index (χ4v) is 3.11. The molecule has 0 spiro atoms. The minimum atomic E-state index is -0.190. The Morgan fingerprint density at radius 3 is 2.64 bits per heavy atom. The summed E-state index contributed by atoms with van der Waals surface area (Å²) in [4.78, 5) is 24.3. The molecule has 4 rings (SSSR count). The molecule has 0 aliphatic heterocycles. The number of nitrogens with one attached hydrogen (secondary N) is 1. The summed E-state index contributed by atoms with van der Waals surface area (Å²) in [5.74, 6) is 1.41. The number of carbonyl (C=O) groups is 1. The molecule has 2 aliphatic carbocycles. The van der Waals surface area contributed by atoms with Gasteiger partial charge in [-0.1, -0.05) is 6.07 Å². The van der Waals surface area contributed by atoms with E-state index in [1.807, 2.05) is 6.07 Å². The summed E-state index contributed by atoms with van der Waals surface area (Å²) in [6.45, 7) is 0.328. The molecule has 6 heteroatoms. The van der Waals surface area contributed by atoms with Gasteiger partial charge in [0.2, 0.25) is 5.91 Å². The van der Waals surface area contributed by atoms with E-state index in [1.54, 1.807) is 18.3 Å². The Hall–Kier alpha value is -2.11. The second-order valence-corrected chi connectivity index (χ2v) is 6.45. The lowest BCUT2D eigenvalue weighted by molar-refractivity contribution is -0.122. The minimum absolute atomic E-state index is 0.0350. The molecule has 0 aromatic carbocycles. The van der Waals surface area contributed by atoms with Gasteiger partial charge in [-0.15, -0.1) is 5.10 Å². The lowest BCUT2D eigenvalue weighted by atomic mass is 10.1. The zero-order valence-corrected chi connectivity index (χ0v) is 12.4. The van der Waals surface area contributed by atoms with Crippen LogP contribution >= 0.6 is 0 Å². The van der Waals surface area contributed by atoms with Crippen LogP contribution in [0.15, 0.2) is 29.2 Å². The molecule has 6 nitrogen and oxygen atoms in total. The molecule has 1 amide bonds. The predicted molar refractivity (Wildman–Crippen MR) is 81.4 cm³/mol. The van der Waals surface area contributed by atoms with Gasteiger partial charge in [-0.3, -0.25) is 9.20 Å². The van der Waals surface area contributed by atoms with E-state index in [0.29, 0.717) is 36.5 Å². The van der Waals surface area contributed by atoms with Crippen molar-refractivity contribution in [1.29, 1.82) is 0 Å². The van der Waals surface area contributed by atoms with Crippen molar-refractivity contribution >= 4 is 11.6 Å². The van der Waals surface area contributed by atoms with E-state index in [2.05, 4.69) is 10.4 Å². The minimum Gasteiger partial charge on any atom is -0.353 e. The summed E-state index contributed by atoms with van der Waals surface area (Å²) >= 11 is 0. The summed E-state index contributed by atoms with van der Waals surface area (Å²) in [7, 11) is 0. The van der Waals surface area contributed by atoms with E-state index < -0.39 is 0 Å². The second-order valence-electron chi connectivity index (χ2n) is 6.45. The molecule has 0 saturated heterocycles. The molecule has 2 heterocycles. The van der Waals surface area contributed by atoms with E-state index in [9.17, 15) is 9.59 Å². The van der Waals surface area contributed by atoms with Crippen molar-refractivity contribution in [3.05, 3.63) is 34.9 Å². The Labute approximate surface area is 128 Å². The first-order valence-electron chi connectivity index (χ1n) is 8.06. The Bertz CT molecular complexity index is 743. The molecule has 116 valence electrons. The van der Waals surface area contributed by atoms with E-state index in [4.69, 9.17) is 0 Å². The first-order chi connectivity index (χ1) is 10.7. The molecule has 2 aromatic rings. The Kier molecular flexibility index (Phi) is 3.24. The van der Waals surface area contributed by atoms with Gasteiger partial charge < -0.3 is 5.32 Å². The average Bonchev–Trinajstić information content (AvgIpc) is 3.42. The monoisotopic (exact) mass is 300 g/mol. The molecule has 0 atom stereocenters. The van der Waals surface area contributed by atoms with Crippen LogP contribution in [-0.2, 0) is 11.3 Å². The number of fused-ring (bicyclic) bond motifs is 1. The van der Waals surface area contributed by atoms with Gasteiger partial charge in [0.25, 0.3) is 0 Å². The number of nitrogens with zero attached hydrogens (tertiary/aromatic N) is 3. The maximum atomic E-state index is 12.2. The number of aromatic nitrogens is 3. The van der Waals surface area contributed by atoms with Crippen LogP contribution in [0.25, 0.3) is 5.65 Å². The topological polar surface area (TPSA) is 68.4 Å². The first-order valence-corrected chi connectivity index (χ1v) is 8.06.